The molecule has 1 amide bonds. The Morgan fingerprint density at radius 3 is 2.73 bits per heavy atom. The zero-order valence-corrected chi connectivity index (χ0v) is 13.1. The first-order valence-electron chi connectivity index (χ1n) is 7.29. The van der Waals surface area contributed by atoms with Crippen LogP contribution < -0.4 is 15.4 Å². The first-order valence-corrected chi connectivity index (χ1v) is 7.29. The van der Waals surface area contributed by atoms with Gasteiger partial charge in [-0.2, -0.15) is 0 Å². The molecule has 0 bridgehead atoms. The van der Waals surface area contributed by atoms with Gasteiger partial charge in [-0.15, -0.1) is 12.4 Å². The van der Waals surface area contributed by atoms with Gasteiger partial charge in [-0.3, -0.25) is 4.79 Å². The van der Waals surface area contributed by atoms with Gasteiger partial charge in [0.25, 0.3) is 5.91 Å². The number of nitrogens with one attached hydrogen (secondary N) is 2. The van der Waals surface area contributed by atoms with Crippen LogP contribution in [0.1, 0.15) is 6.42 Å². The lowest BCUT2D eigenvalue weighted by molar-refractivity contribution is -0.128. The molecule has 2 aliphatic heterocycles. The fourth-order valence-corrected chi connectivity index (χ4v) is 2.37. The second-order valence-electron chi connectivity index (χ2n) is 5.18. The molecule has 22 heavy (non-hydrogen) atoms. The minimum atomic E-state index is -0.426. The molecule has 2 aliphatic rings. The van der Waals surface area contributed by atoms with Crippen molar-refractivity contribution in [3.63, 3.8) is 0 Å². The van der Waals surface area contributed by atoms with E-state index in [0.717, 1.165) is 31.0 Å². The van der Waals surface area contributed by atoms with Crippen molar-refractivity contribution in [1.82, 2.24) is 5.32 Å². The predicted octanol–water partition coefficient (Wildman–Crippen LogP) is 1.20. The highest BCUT2D eigenvalue weighted by atomic mass is 35.5. The molecule has 2 unspecified atom stereocenters. The number of hydrogen-bond donors (Lipinski definition) is 2. The van der Waals surface area contributed by atoms with Crippen LogP contribution >= 0.6 is 12.4 Å². The molecule has 1 aromatic rings. The molecule has 2 N–H and O–H groups in total. The summed E-state index contributed by atoms with van der Waals surface area (Å²) < 4.78 is 16.5. The molecule has 2 fully saturated rings. The molecule has 2 saturated heterocycles. The monoisotopic (exact) mass is 328 g/mol. The third-order valence-corrected chi connectivity index (χ3v) is 3.53. The zero-order valence-electron chi connectivity index (χ0n) is 12.2. The zero-order chi connectivity index (χ0) is 14.5. The summed E-state index contributed by atoms with van der Waals surface area (Å²) in [5.41, 5.74) is 0.740. The summed E-state index contributed by atoms with van der Waals surface area (Å²) in [6, 6.07) is 7.38. The van der Waals surface area contributed by atoms with E-state index in [4.69, 9.17) is 14.2 Å². The van der Waals surface area contributed by atoms with Crippen molar-refractivity contribution in [2.45, 2.75) is 18.6 Å². The van der Waals surface area contributed by atoms with Crippen molar-refractivity contribution >= 4 is 24.0 Å². The van der Waals surface area contributed by atoms with E-state index in [1.165, 1.54) is 0 Å². The van der Waals surface area contributed by atoms with Gasteiger partial charge >= 0.3 is 0 Å². The molecule has 6 nitrogen and oxygen atoms in total. The molecule has 0 aromatic heterocycles. The van der Waals surface area contributed by atoms with Crippen LogP contribution in [0.3, 0.4) is 0 Å². The van der Waals surface area contributed by atoms with Gasteiger partial charge in [0.1, 0.15) is 18.0 Å². The predicted molar refractivity (Wildman–Crippen MR) is 84.8 cm³/mol. The van der Waals surface area contributed by atoms with E-state index in [1.54, 1.807) is 0 Å². The number of ether oxygens (including phenoxy) is 3. The topological polar surface area (TPSA) is 68.8 Å². The van der Waals surface area contributed by atoms with Crippen LogP contribution in [0.2, 0.25) is 0 Å². The minimum absolute atomic E-state index is 0. The summed E-state index contributed by atoms with van der Waals surface area (Å²) in [4.78, 5) is 12.0. The van der Waals surface area contributed by atoms with Crippen LogP contribution in [-0.2, 0) is 14.3 Å². The number of amides is 1. The Balaban J connectivity index is 0.00000176. The first kappa shape index (κ1) is 17.0. The van der Waals surface area contributed by atoms with E-state index in [0.29, 0.717) is 19.8 Å². The van der Waals surface area contributed by atoms with E-state index in [9.17, 15) is 4.79 Å². The van der Waals surface area contributed by atoms with Crippen LogP contribution in [0, 0.1) is 0 Å². The lowest BCUT2D eigenvalue weighted by Crippen LogP contribution is -2.45. The second-order valence-corrected chi connectivity index (χ2v) is 5.18. The minimum Gasteiger partial charge on any atom is -0.488 e. The third kappa shape index (κ3) is 4.58. The largest absolute Gasteiger partial charge is 0.488 e. The fraction of sp³-hybridized carbons (Fsp3) is 0.533. The smallest absolute Gasteiger partial charge is 0.254 e. The number of halogens is 1. The van der Waals surface area contributed by atoms with Crippen molar-refractivity contribution in [3.05, 3.63) is 24.3 Å². The molecule has 122 valence electrons. The van der Waals surface area contributed by atoms with Gasteiger partial charge in [0.05, 0.1) is 19.8 Å². The van der Waals surface area contributed by atoms with Gasteiger partial charge in [-0.1, -0.05) is 0 Å². The van der Waals surface area contributed by atoms with Crippen molar-refractivity contribution in [2.75, 3.05) is 38.2 Å². The van der Waals surface area contributed by atoms with E-state index in [-0.39, 0.29) is 24.4 Å². The van der Waals surface area contributed by atoms with Gasteiger partial charge in [0.15, 0.2) is 0 Å². The van der Waals surface area contributed by atoms with E-state index < -0.39 is 6.10 Å². The SMILES string of the molecule is Cl.O=C(Nc1ccc(OC2CCOC2)cc1)C1CNCCO1. The number of carbonyl (C=O) groups is 1. The van der Waals surface area contributed by atoms with Crippen LogP contribution in [0.25, 0.3) is 0 Å². The van der Waals surface area contributed by atoms with E-state index in [2.05, 4.69) is 10.6 Å². The first-order chi connectivity index (χ1) is 10.3. The maximum Gasteiger partial charge on any atom is 0.254 e. The van der Waals surface area contributed by atoms with Crippen molar-refractivity contribution < 1.29 is 19.0 Å². The lowest BCUT2D eigenvalue weighted by atomic mass is 10.2. The van der Waals surface area contributed by atoms with E-state index in [1.807, 2.05) is 24.3 Å². The molecule has 0 spiro atoms. The van der Waals surface area contributed by atoms with Crippen molar-refractivity contribution in [1.29, 1.82) is 0 Å². The Morgan fingerprint density at radius 2 is 2.09 bits per heavy atom. The quantitative estimate of drug-likeness (QED) is 0.869. The molecule has 0 saturated carbocycles. The molecule has 2 atom stereocenters. The molecular formula is C15H21ClN2O4. The Hall–Kier alpha value is -1.34. The van der Waals surface area contributed by atoms with Crippen LogP contribution in [0.4, 0.5) is 5.69 Å². The highest BCUT2D eigenvalue weighted by Gasteiger charge is 2.21. The van der Waals surface area contributed by atoms with Crippen molar-refractivity contribution in [3.8, 4) is 5.75 Å². The van der Waals surface area contributed by atoms with Crippen molar-refractivity contribution in [2.24, 2.45) is 0 Å². The number of anilines is 1. The summed E-state index contributed by atoms with van der Waals surface area (Å²) in [5.74, 6) is 0.666. The highest BCUT2D eigenvalue weighted by molar-refractivity contribution is 5.94. The lowest BCUT2D eigenvalue weighted by Gasteiger charge is -2.22. The van der Waals surface area contributed by atoms with Gasteiger partial charge in [-0.25, -0.2) is 0 Å². The Bertz CT molecular complexity index is 471. The standard InChI is InChI=1S/C15H20N2O4.ClH/c18-15(14-9-16-6-8-20-14)17-11-1-3-12(4-2-11)21-13-5-7-19-10-13;/h1-4,13-14,16H,5-10H2,(H,17,18);1H. The van der Waals surface area contributed by atoms with Crippen LogP contribution in [-0.4, -0.2) is 51.0 Å². The van der Waals surface area contributed by atoms with E-state index >= 15 is 0 Å². The molecule has 0 radical (unpaired) electrons. The number of benzene rings is 1. The molecule has 0 aliphatic carbocycles. The average Bonchev–Trinajstić information content (AvgIpc) is 3.03. The maximum atomic E-state index is 12.0. The molecule has 2 heterocycles. The molecule has 3 rings (SSSR count). The second kappa shape index (κ2) is 8.33. The normalized spacial score (nSPS) is 24.4. The Kier molecular flexibility index (Phi) is 6.45. The molecular weight excluding hydrogens is 308 g/mol. The summed E-state index contributed by atoms with van der Waals surface area (Å²) in [7, 11) is 0. The number of carbonyl (C=O) groups excluding carboxylic acids is 1. The number of rotatable bonds is 4. The molecule has 1 aromatic carbocycles. The van der Waals surface area contributed by atoms with Crippen LogP contribution in [0.5, 0.6) is 5.75 Å². The Labute approximate surface area is 135 Å². The number of hydrogen-bond acceptors (Lipinski definition) is 5. The van der Waals surface area contributed by atoms with Gasteiger partial charge in [-0.05, 0) is 24.3 Å². The fourth-order valence-electron chi connectivity index (χ4n) is 2.37. The maximum absolute atomic E-state index is 12.0. The average molecular weight is 329 g/mol. The summed E-state index contributed by atoms with van der Waals surface area (Å²) in [5, 5.41) is 5.98. The van der Waals surface area contributed by atoms with Gasteiger partial charge in [0.2, 0.25) is 0 Å². The summed E-state index contributed by atoms with van der Waals surface area (Å²) in [6.07, 6.45) is 0.627. The number of morpholine rings is 1. The highest BCUT2D eigenvalue weighted by Crippen LogP contribution is 2.19. The third-order valence-electron chi connectivity index (χ3n) is 3.53. The van der Waals surface area contributed by atoms with Gasteiger partial charge in [0, 0.05) is 25.2 Å². The van der Waals surface area contributed by atoms with Crippen LogP contribution in [0.15, 0.2) is 24.3 Å². The summed E-state index contributed by atoms with van der Waals surface area (Å²) >= 11 is 0. The van der Waals surface area contributed by atoms with Gasteiger partial charge < -0.3 is 24.8 Å². The Morgan fingerprint density at radius 1 is 1.27 bits per heavy atom. The molecule has 7 heteroatoms. The summed E-state index contributed by atoms with van der Waals surface area (Å²) in [6.45, 7) is 3.31.